The van der Waals surface area contributed by atoms with Gasteiger partial charge in [0.15, 0.2) is 0 Å². The van der Waals surface area contributed by atoms with Crippen LogP contribution in [0.4, 0.5) is 5.69 Å². The van der Waals surface area contributed by atoms with Crippen LogP contribution < -0.4 is 15.2 Å². The number of nitrogens with zero attached hydrogens (tertiary/aromatic N) is 5. The van der Waals surface area contributed by atoms with Crippen LogP contribution in [0.1, 0.15) is 49.4 Å². The first-order valence-corrected chi connectivity index (χ1v) is 16.9. The third-order valence-corrected chi connectivity index (χ3v) is 9.32. The molecule has 4 aromatic carbocycles. The molecule has 1 saturated carbocycles. The maximum Gasteiger partial charge on any atom is 0.290 e. The Bertz CT molecular complexity index is 2000. The van der Waals surface area contributed by atoms with Crippen LogP contribution in [-0.2, 0) is 10.3 Å². The molecule has 0 unspecified atom stereocenters. The number of hydrogen-bond donors (Lipinski definition) is 0. The molecule has 2 aliphatic rings. The summed E-state index contributed by atoms with van der Waals surface area (Å²) in [5.41, 5.74) is 5.28. The summed E-state index contributed by atoms with van der Waals surface area (Å²) in [4.78, 5) is 16.0. The molecule has 48 heavy (non-hydrogen) atoms. The Morgan fingerprint density at radius 3 is 1.90 bits per heavy atom. The molecule has 0 spiro atoms. The van der Waals surface area contributed by atoms with Gasteiger partial charge in [-0.2, -0.15) is 10.2 Å². The Labute approximate surface area is 280 Å². The molecule has 2 fully saturated rings. The second kappa shape index (κ2) is 12.4. The molecule has 0 amide bonds. The zero-order valence-electron chi connectivity index (χ0n) is 27.3. The van der Waals surface area contributed by atoms with Crippen molar-refractivity contribution in [3.63, 3.8) is 0 Å². The van der Waals surface area contributed by atoms with Crippen molar-refractivity contribution in [1.29, 1.82) is 0 Å². The van der Waals surface area contributed by atoms with Crippen LogP contribution in [-0.4, -0.2) is 52.0 Å². The number of benzene rings is 4. The fourth-order valence-electron chi connectivity index (χ4n) is 7.00. The Morgan fingerprint density at radius 2 is 1.35 bits per heavy atom. The predicted molar refractivity (Wildman–Crippen MR) is 189 cm³/mol. The quantitative estimate of drug-likeness (QED) is 0.158. The van der Waals surface area contributed by atoms with Gasteiger partial charge in [0.25, 0.3) is 5.56 Å². The summed E-state index contributed by atoms with van der Waals surface area (Å²) < 4.78 is 15.7. The minimum Gasteiger partial charge on any atom is -0.491 e. The van der Waals surface area contributed by atoms with Gasteiger partial charge < -0.3 is 14.4 Å². The average Bonchev–Trinajstić information content (AvgIpc) is 3.91. The molecule has 2 aromatic heterocycles. The first kappa shape index (κ1) is 30.1. The van der Waals surface area contributed by atoms with Gasteiger partial charge in [-0.1, -0.05) is 91.0 Å². The minimum absolute atomic E-state index is 0.000751. The molecule has 0 bridgehead atoms. The highest BCUT2D eigenvalue weighted by Crippen LogP contribution is 2.44. The van der Waals surface area contributed by atoms with Crippen molar-refractivity contribution >= 4 is 16.6 Å². The molecule has 1 aliphatic carbocycles. The van der Waals surface area contributed by atoms with E-state index in [1.807, 2.05) is 44.2 Å². The number of ether oxygens (including phenoxy) is 2. The Hall–Kier alpha value is -5.21. The molecule has 1 aliphatic heterocycles. The van der Waals surface area contributed by atoms with Gasteiger partial charge >= 0.3 is 0 Å². The standard InChI is InChI=1S/C40H39N5O3/c1-28(2)48-33-20-21-36-34(26-33)38(35-27-37(43-22-24-47-25-23-43)39(46)44(41-35)32-18-19-32)42-45(36)40(29-12-6-3-7-13-29,30-14-8-4-9-15-30)31-16-10-5-11-17-31/h3-17,20-21,26-28,32H,18-19,22-25H2,1-2H3. The molecule has 8 nitrogen and oxygen atoms in total. The summed E-state index contributed by atoms with van der Waals surface area (Å²) >= 11 is 0. The number of anilines is 1. The summed E-state index contributed by atoms with van der Waals surface area (Å²) in [7, 11) is 0. The van der Waals surface area contributed by atoms with Gasteiger partial charge in [-0.05, 0) is 67.6 Å². The van der Waals surface area contributed by atoms with Crippen molar-refractivity contribution < 1.29 is 9.47 Å². The fraction of sp³-hybridized carbons (Fsp3) is 0.275. The molecule has 0 radical (unpaired) electrons. The molecule has 3 heterocycles. The van der Waals surface area contributed by atoms with Crippen LogP contribution in [0.3, 0.4) is 0 Å². The van der Waals surface area contributed by atoms with Crippen molar-refractivity contribution in [3.05, 3.63) is 142 Å². The Kier molecular flexibility index (Phi) is 7.81. The molecule has 1 saturated heterocycles. The number of fused-ring (bicyclic) bond motifs is 1. The molecule has 0 atom stereocenters. The van der Waals surface area contributed by atoms with Crippen LogP contribution in [0.25, 0.3) is 22.3 Å². The summed E-state index contributed by atoms with van der Waals surface area (Å²) in [6, 6.07) is 39.9. The molecule has 8 rings (SSSR count). The van der Waals surface area contributed by atoms with Gasteiger partial charge in [0, 0.05) is 18.5 Å². The summed E-state index contributed by atoms with van der Waals surface area (Å²) in [5, 5.41) is 11.5. The third-order valence-electron chi connectivity index (χ3n) is 9.32. The smallest absolute Gasteiger partial charge is 0.290 e. The molecule has 242 valence electrons. The minimum atomic E-state index is -0.835. The van der Waals surface area contributed by atoms with Crippen molar-refractivity contribution in [2.45, 2.75) is 44.4 Å². The topological polar surface area (TPSA) is 74.4 Å². The lowest BCUT2D eigenvalue weighted by atomic mass is 9.77. The van der Waals surface area contributed by atoms with E-state index in [1.54, 1.807) is 4.68 Å². The van der Waals surface area contributed by atoms with E-state index >= 15 is 0 Å². The van der Waals surface area contributed by atoms with Crippen LogP contribution in [0.15, 0.2) is 120 Å². The van der Waals surface area contributed by atoms with E-state index in [9.17, 15) is 4.79 Å². The number of morpholine rings is 1. The van der Waals surface area contributed by atoms with Gasteiger partial charge in [-0.3, -0.25) is 4.79 Å². The lowest BCUT2D eigenvalue weighted by Gasteiger charge is -2.37. The van der Waals surface area contributed by atoms with Crippen LogP contribution in [0.2, 0.25) is 0 Å². The lowest BCUT2D eigenvalue weighted by Crippen LogP contribution is -2.41. The Balaban J connectivity index is 1.46. The largest absolute Gasteiger partial charge is 0.491 e. The van der Waals surface area contributed by atoms with Crippen LogP contribution >= 0.6 is 0 Å². The summed E-state index contributed by atoms with van der Waals surface area (Å²) in [5.74, 6) is 0.756. The number of aromatic nitrogens is 4. The summed E-state index contributed by atoms with van der Waals surface area (Å²) in [6.07, 6.45) is 1.89. The van der Waals surface area contributed by atoms with Crippen molar-refractivity contribution in [3.8, 4) is 17.1 Å². The van der Waals surface area contributed by atoms with Crippen molar-refractivity contribution in [2.75, 3.05) is 31.2 Å². The van der Waals surface area contributed by atoms with Gasteiger partial charge in [0.1, 0.15) is 28.4 Å². The summed E-state index contributed by atoms with van der Waals surface area (Å²) in [6.45, 7) is 6.54. The predicted octanol–water partition coefficient (Wildman–Crippen LogP) is 7.06. The van der Waals surface area contributed by atoms with Gasteiger partial charge in [0.05, 0.1) is 30.9 Å². The number of hydrogen-bond acceptors (Lipinski definition) is 6. The zero-order valence-corrected chi connectivity index (χ0v) is 27.3. The average molecular weight is 638 g/mol. The lowest BCUT2D eigenvalue weighted by molar-refractivity contribution is 0.122. The van der Waals surface area contributed by atoms with Crippen LogP contribution in [0.5, 0.6) is 5.75 Å². The highest BCUT2D eigenvalue weighted by molar-refractivity contribution is 5.94. The maximum absolute atomic E-state index is 13.9. The van der Waals surface area contributed by atoms with Gasteiger partial charge in [-0.25, -0.2) is 9.36 Å². The highest BCUT2D eigenvalue weighted by Gasteiger charge is 2.41. The third kappa shape index (κ3) is 5.26. The van der Waals surface area contributed by atoms with E-state index in [0.717, 1.165) is 46.2 Å². The molecular weight excluding hydrogens is 598 g/mol. The van der Waals surface area contributed by atoms with Crippen LogP contribution in [0, 0.1) is 0 Å². The monoisotopic (exact) mass is 637 g/mol. The maximum atomic E-state index is 13.9. The van der Waals surface area contributed by atoms with Gasteiger partial charge in [0.2, 0.25) is 0 Å². The van der Waals surface area contributed by atoms with Crippen molar-refractivity contribution in [1.82, 2.24) is 19.6 Å². The van der Waals surface area contributed by atoms with E-state index in [-0.39, 0.29) is 17.7 Å². The molecule has 0 N–H and O–H groups in total. The van der Waals surface area contributed by atoms with E-state index in [2.05, 4.69) is 94.5 Å². The van der Waals surface area contributed by atoms with E-state index in [0.29, 0.717) is 43.4 Å². The van der Waals surface area contributed by atoms with Gasteiger partial charge in [-0.15, -0.1) is 0 Å². The first-order chi connectivity index (χ1) is 23.5. The van der Waals surface area contributed by atoms with Crippen molar-refractivity contribution in [2.24, 2.45) is 0 Å². The van der Waals surface area contributed by atoms with E-state index in [1.165, 1.54) is 0 Å². The first-order valence-electron chi connectivity index (χ1n) is 16.9. The van der Waals surface area contributed by atoms with E-state index in [4.69, 9.17) is 19.7 Å². The second-order valence-electron chi connectivity index (χ2n) is 12.9. The molecule has 6 aromatic rings. The molecular formula is C40H39N5O3. The fourth-order valence-corrected chi connectivity index (χ4v) is 7.00. The number of rotatable bonds is 9. The zero-order chi connectivity index (χ0) is 32.7. The molecule has 8 heteroatoms. The Morgan fingerprint density at radius 1 is 0.771 bits per heavy atom. The van der Waals surface area contributed by atoms with E-state index < -0.39 is 5.54 Å². The second-order valence-corrected chi connectivity index (χ2v) is 12.9. The highest BCUT2D eigenvalue weighted by atomic mass is 16.5. The normalized spacial score (nSPS) is 15.3. The SMILES string of the molecule is CC(C)Oc1ccc2c(c1)c(-c1cc(N3CCOCC3)c(=O)n(C3CC3)n1)nn2C(c1ccccc1)(c1ccccc1)c1ccccc1.